The molecule has 2 aromatic carbocycles. The second kappa shape index (κ2) is 5.20. The fourth-order valence-electron chi connectivity index (χ4n) is 2.08. The van der Waals surface area contributed by atoms with Gasteiger partial charge in [0.1, 0.15) is 0 Å². The number of rotatable bonds is 0. The Labute approximate surface area is 135 Å². The molecule has 0 radical (unpaired) electrons. The molecule has 3 heteroatoms. The van der Waals surface area contributed by atoms with Gasteiger partial charge in [0.2, 0.25) is 0 Å². The van der Waals surface area contributed by atoms with Crippen LogP contribution in [0.15, 0.2) is 39.7 Å². The van der Waals surface area contributed by atoms with E-state index in [-0.39, 0.29) is 0 Å². The average Bonchev–Trinajstić information content (AvgIpc) is 2.79. The molecule has 0 N–H and O–H groups in total. The van der Waals surface area contributed by atoms with Gasteiger partial charge in [0.25, 0.3) is 0 Å². The molecule has 0 aliphatic rings. The van der Waals surface area contributed by atoms with Gasteiger partial charge in [-0.1, -0.05) is 0 Å². The Morgan fingerprint density at radius 3 is 2.50 bits per heavy atom. The second-order valence-electron chi connectivity index (χ2n) is 5.99. The van der Waals surface area contributed by atoms with Crippen LogP contribution in [0.25, 0.3) is 20.4 Å². The van der Waals surface area contributed by atoms with Gasteiger partial charge in [0, 0.05) is 0 Å². The predicted molar refractivity (Wildman–Crippen MR) is 96.3 cm³/mol. The molecule has 0 fully saturated rings. The van der Waals surface area contributed by atoms with E-state index in [1.54, 1.807) is 0 Å². The molecule has 0 unspecified atom stereocenters. The van der Waals surface area contributed by atoms with Crippen molar-refractivity contribution in [2.75, 3.05) is 0 Å². The zero-order valence-electron chi connectivity index (χ0n) is 11.8. The maximum absolute atomic E-state index is 3.67. The van der Waals surface area contributed by atoms with E-state index in [4.69, 9.17) is 0 Å². The van der Waals surface area contributed by atoms with Crippen molar-refractivity contribution >= 4 is 58.9 Å². The predicted octanol–water partition coefficient (Wildman–Crippen LogP) is 5.04. The number of fused-ring (bicyclic) bond motifs is 2. The summed E-state index contributed by atoms with van der Waals surface area (Å²) in [4.78, 5) is 2.29. The summed E-state index contributed by atoms with van der Waals surface area (Å²) in [6, 6.07) is 11.3. The van der Waals surface area contributed by atoms with Crippen LogP contribution in [-0.4, -0.2) is 22.6 Å². The first-order chi connectivity index (χ1) is 9.42. The third-order valence-corrected chi connectivity index (χ3v) is 6.45. The standard InChI is InChI=1S/C17H15BrSeSi/c1-20(2,3)7-5-12-8-14-9-13-4-6-19-17(13)11-15(14)10-16(12)18/h4,6,8-11H,1-3H3. The van der Waals surface area contributed by atoms with Crippen LogP contribution < -0.4 is 0 Å². The van der Waals surface area contributed by atoms with E-state index in [9.17, 15) is 0 Å². The molecule has 100 valence electrons. The maximum atomic E-state index is 3.67. The van der Waals surface area contributed by atoms with Gasteiger partial charge in [-0.2, -0.15) is 0 Å². The normalized spacial score (nSPS) is 11.6. The molecule has 0 amide bonds. The number of benzene rings is 2. The van der Waals surface area contributed by atoms with Gasteiger partial charge in [-0.05, 0) is 0 Å². The summed E-state index contributed by atoms with van der Waals surface area (Å²) in [6.07, 6.45) is 0. The summed E-state index contributed by atoms with van der Waals surface area (Å²) >= 11 is 4.17. The molecule has 1 aromatic heterocycles. The molecule has 0 aliphatic heterocycles. The molecule has 0 atom stereocenters. The second-order valence-corrected chi connectivity index (χ2v) is 13.6. The van der Waals surface area contributed by atoms with Crippen LogP contribution in [0.4, 0.5) is 0 Å². The molecule has 3 aromatic rings. The zero-order valence-corrected chi connectivity index (χ0v) is 16.0. The Morgan fingerprint density at radius 1 is 1.00 bits per heavy atom. The number of hydrogen-bond acceptors (Lipinski definition) is 0. The van der Waals surface area contributed by atoms with E-state index in [0.29, 0.717) is 14.5 Å². The molecule has 3 rings (SSSR count). The van der Waals surface area contributed by atoms with Crippen LogP contribution in [0.5, 0.6) is 0 Å². The Morgan fingerprint density at radius 2 is 1.75 bits per heavy atom. The van der Waals surface area contributed by atoms with Crippen LogP contribution in [0, 0.1) is 11.5 Å². The summed E-state index contributed by atoms with van der Waals surface area (Å²) < 4.78 is 2.59. The van der Waals surface area contributed by atoms with Crippen LogP contribution in [0.2, 0.25) is 19.6 Å². The molecular weight excluding hydrogens is 391 g/mol. The zero-order chi connectivity index (χ0) is 14.3. The van der Waals surface area contributed by atoms with Gasteiger partial charge in [-0.3, -0.25) is 0 Å². The molecule has 0 bridgehead atoms. The van der Waals surface area contributed by atoms with Crippen molar-refractivity contribution in [2.45, 2.75) is 19.6 Å². The van der Waals surface area contributed by atoms with E-state index in [0.717, 1.165) is 10.0 Å². The Balaban J connectivity index is 2.21. The monoisotopic (exact) mass is 406 g/mol. The van der Waals surface area contributed by atoms with Crippen LogP contribution in [-0.2, 0) is 0 Å². The van der Waals surface area contributed by atoms with Crippen molar-refractivity contribution in [3.63, 3.8) is 0 Å². The van der Waals surface area contributed by atoms with E-state index < -0.39 is 8.07 Å². The average molecular weight is 406 g/mol. The van der Waals surface area contributed by atoms with Crippen molar-refractivity contribution < 1.29 is 0 Å². The van der Waals surface area contributed by atoms with Gasteiger partial charge in [0.05, 0.1) is 0 Å². The van der Waals surface area contributed by atoms with Gasteiger partial charge >= 0.3 is 135 Å². The van der Waals surface area contributed by atoms with Crippen molar-refractivity contribution in [3.05, 3.63) is 45.3 Å². The number of hydrogen-bond donors (Lipinski definition) is 0. The molecule has 0 saturated heterocycles. The minimum atomic E-state index is -1.34. The first-order valence-corrected chi connectivity index (χ1v) is 12.7. The molecule has 1 heterocycles. The van der Waals surface area contributed by atoms with Crippen molar-refractivity contribution in [1.82, 2.24) is 0 Å². The van der Waals surface area contributed by atoms with Gasteiger partial charge < -0.3 is 0 Å². The van der Waals surface area contributed by atoms with E-state index in [1.807, 2.05) is 0 Å². The summed E-state index contributed by atoms with van der Waals surface area (Å²) in [5, 5.41) is 3.97. The number of halogens is 1. The summed E-state index contributed by atoms with van der Waals surface area (Å²) in [6.45, 7) is 6.82. The van der Waals surface area contributed by atoms with E-state index >= 15 is 0 Å². The Bertz CT molecular complexity index is 859. The van der Waals surface area contributed by atoms with E-state index in [1.165, 1.54) is 20.4 Å². The van der Waals surface area contributed by atoms with Gasteiger partial charge in [-0.25, -0.2) is 0 Å². The molecular formula is C17H15BrSeSi. The van der Waals surface area contributed by atoms with Crippen LogP contribution >= 0.6 is 15.9 Å². The molecule has 0 nitrogen and oxygen atoms in total. The van der Waals surface area contributed by atoms with Gasteiger partial charge in [-0.15, -0.1) is 0 Å². The topological polar surface area (TPSA) is 0 Å². The third kappa shape index (κ3) is 2.94. The fraction of sp³-hybridized carbons (Fsp3) is 0.176. The summed E-state index contributed by atoms with van der Waals surface area (Å²) in [5.41, 5.74) is 4.55. The van der Waals surface area contributed by atoms with Crippen molar-refractivity contribution in [3.8, 4) is 11.5 Å². The van der Waals surface area contributed by atoms with Crippen molar-refractivity contribution in [1.29, 1.82) is 0 Å². The molecule has 0 spiro atoms. The Hall–Kier alpha value is -0.784. The quantitative estimate of drug-likeness (QED) is 0.363. The third-order valence-electron chi connectivity index (χ3n) is 3.07. The first-order valence-electron chi connectivity index (χ1n) is 6.56. The van der Waals surface area contributed by atoms with Gasteiger partial charge in [0.15, 0.2) is 0 Å². The van der Waals surface area contributed by atoms with Crippen molar-refractivity contribution in [2.24, 2.45) is 0 Å². The molecule has 0 saturated carbocycles. The summed E-state index contributed by atoms with van der Waals surface area (Å²) in [7, 11) is -1.34. The van der Waals surface area contributed by atoms with Crippen LogP contribution in [0.1, 0.15) is 5.56 Å². The molecule has 20 heavy (non-hydrogen) atoms. The minimum absolute atomic E-state index is 0.506. The first kappa shape index (κ1) is 14.2. The van der Waals surface area contributed by atoms with Crippen LogP contribution in [0.3, 0.4) is 0 Å². The van der Waals surface area contributed by atoms with E-state index in [2.05, 4.69) is 82.3 Å². The Kier molecular flexibility index (Phi) is 3.68. The SMILES string of the molecule is C[Si](C)(C)C#Cc1cc2cc3cc[se]c3cc2cc1Br. The summed E-state index contributed by atoms with van der Waals surface area (Å²) in [5.74, 6) is 3.36. The molecule has 0 aliphatic carbocycles. The fourth-order valence-corrected chi connectivity index (χ4v) is 4.77.